The van der Waals surface area contributed by atoms with Gasteiger partial charge in [-0.2, -0.15) is 0 Å². The second-order valence-electron chi connectivity index (χ2n) is 8.07. The first-order valence-electron chi connectivity index (χ1n) is 10.5. The highest BCUT2D eigenvalue weighted by molar-refractivity contribution is 5.94. The van der Waals surface area contributed by atoms with Crippen LogP contribution in [0.25, 0.3) is 0 Å². The minimum absolute atomic E-state index is 0.0665. The summed E-state index contributed by atoms with van der Waals surface area (Å²) < 4.78 is 21.6. The van der Waals surface area contributed by atoms with Crippen LogP contribution < -0.4 is 9.47 Å². The van der Waals surface area contributed by atoms with E-state index in [0.717, 1.165) is 5.56 Å². The van der Waals surface area contributed by atoms with Crippen molar-refractivity contribution < 1.29 is 27.9 Å². The van der Waals surface area contributed by atoms with Crippen LogP contribution in [-0.4, -0.2) is 41.5 Å². The molecule has 0 saturated carbocycles. The highest BCUT2D eigenvalue weighted by atomic mass is 16.7. The van der Waals surface area contributed by atoms with Crippen molar-refractivity contribution in [3.63, 3.8) is 0 Å². The molecule has 3 heterocycles. The fraction of sp³-hybridized carbons (Fsp3) is 0.333. The van der Waals surface area contributed by atoms with Crippen molar-refractivity contribution in [2.24, 2.45) is 5.92 Å². The smallest absolute Gasteiger partial charge is 0.290 e. The van der Waals surface area contributed by atoms with E-state index in [2.05, 4.69) is 0 Å². The van der Waals surface area contributed by atoms with Crippen LogP contribution >= 0.6 is 0 Å². The van der Waals surface area contributed by atoms with Gasteiger partial charge in [0.2, 0.25) is 12.7 Å². The average molecular weight is 438 g/mol. The Morgan fingerprint density at radius 1 is 0.938 bits per heavy atom. The lowest BCUT2D eigenvalue weighted by Crippen LogP contribution is -2.43. The van der Waals surface area contributed by atoms with Gasteiger partial charge >= 0.3 is 0 Å². The summed E-state index contributed by atoms with van der Waals surface area (Å²) in [6.45, 7) is 5.17. The predicted molar refractivity (Wildman–Crippen MR) is 115 cm³/mol. The molecule has 0 N–H and O–H groups in total. The number of carbonyl (C=O) groups is 2. The third-order valence-corrected chi connectivity index (χ3v) is 5.02. The van der Waals surface area contributed by atoms with Crippen molar-refractivity contribution in [3.8, 4) is 11.5 Å². The molecule has 2 aromatic heterocycles. The third-order valence-electron chi connectivity index (χ3n) is 5.02. The Morgan fingerprint density at radius 2 is 1.72 bits per heavy atom. The quantitative estimate of drug-likeness (QED) is 0.503. The van der Waals surface area contributed by atoms with Crippen molar-refractivity contribution in [1.29, 1.82) is 0 Å². The van der Waals surface area contributed by atoms with Gasteiger partial charge in [-0.3, -0.25) is 9.59 Å². The summed E-state index contributed by atoms with van der Waals surface area (Å²) in [6.07, 6.45) is 3.02. The van der Waals surface area contributed by atoms with E-state index in [4.69, 9.17) is 18.3 Å². The molecule has 168 valence electrons. The van der Waals surface area contributed by atoms with Gasteiger partial charge in [0.15, 0.2) is 17.3 Å². The minimum atomic E-state index is -0.307. The van der Waals surface area contributed by atoms with E-state index in [0.29, 0.717) is 30.3 Å². The lowest BCUT2D eigenvalue weighted by molar-refractivity contribution is -0.133. The van der Waals surface area contributed by atoms with Gasteiger partial charge in [-0.05, 0) is 47.9 Å². The predicted octanol–water partition coefficient (Wildman–Crippen LogP) is 3.93. The van der Waals surface area contributed by atoms with E-state index in [1.807, 2.05) is 38.1 Å². The summed E-state index contributed by atoms with van der Waals surface area (Å²) in [5.74, 6) is 1.90. The van der Waals surface area contributed by atoms with Crippen LogP contribution in [0.3, 0.4) is 0 Å². The SMILES string of the molecule is CC(C)CN(CC(=O)N(Cc1ccc2c(c1)OCO2)Cc1ccco1)C(=O)c1ccco1. The zero-order chi connectivity index (χ0) is 22.5. The molecule has 0 spiro atoms. The minimum Gasteiger partial charge on any atom is -0.467 e. The van der Waals surface area contributed by atoms with E-state index >= 15 is 0 Å². The Bertz CT molecular complexity index is 1040. The number of amides is 2. The molecule has 0 radical (unpaired) electrons. The van der Waals surface area contributed by atoms with Crippen LogP contribution in [0.1, 0.15) is 35.7 Å². The van der Waals surface area contributed by atoms with Crippen LogP contribution in [-0.2, 0) is 17.9 Å². The van der Waals surface area contributed by atoms with Gasteiger partial charge in [-0.1, -0.05) is 19.9 Å². The molecule has 0 unspecified atom stereocenters. The Balaban J connectivity index is 1.53. The molecule has 0 saturated heterocycles. The number of carbonyl (C=O) groups excluding carboxylic acids is 2. The van der Waals surface area contributed by atoms with E-state index in [-0.39, 0.29) is 43.4 Å². The van der Waals surface area contributed by atoms with Crippen LogP contribution in [0.4, 0.5) is 0 Å². The molecule has 8 nitrogen and oxygen atoms in total. The lowest BCUT2D eigenvalue weighted by Gasteiger charge is -2.28. The maximum absolute atomic E-state index is 13.4. The second kappa shape index (κ2) is 9.64. The van der Waals surface area contributed by atoms with Crippen LogP contribution in [0.2, 0.25) is 0 Å². The lowest BCUT2D eigenvalue weighted by atomic mass is 10.1. The molecule has 0 bridgehead atoms. The fourth-order valence-electron chi connectivity index (χ4n) is 3.56. The molecule has 32 heavy (non-hydrogen) atoms. The van der Waals surface area contributed by atoms with Crippen molar-refractivity contribution in [2.45, 2.75) is 26.9 Å². The van der Waals surface area contributed by atoms with Gasteiger partial charge in [-0.15, -0.1) is 0 Å². The number of ether oxygens (including phenoxy) is 2. The van der Waals surface area contributed by atoms with Gasteiger partial charge < -0.3 is 28.1 Å². The third kappa shape index (κ3) is 5.14. The van der Waals surface area contributed by atoms with Gasteiger partial charge in [0.1, 0.15) is 12.3 Å². The summed E-state index contributed by atoms with van der Waals surface area (Å²) in [7, 11) is 0. The van der Waals surface area contributed by atoms with Crippen molar-refractivity contribution in [2.75, 3.05) is 19.9 Å². The van der Waals surface area contributed by atoms with Crippen molar-refractivity contribution in [1.82, 2.24) is 9.80 Å². The maximum Gasteiger partial charge on any atom is 0.290 e. The fourth-order valence-corrected chi connectivity index (χ4v) is 3.56. The topological polar surface area (TPSA) is 85.4 Å². The van der Waals surface area contributed by atoms with E-state index in [1.54, 1.807) is 29.4 Å². The monoisotopic (exact) mass is 438 g/mol. The molecule has 0 fully saturated rings. The zero-order valence-electron chi connectivity index (χ0n) is 18.2. The molecule has 1 aliphatic rings. The van der Waals surface area contributed by atoms with Crippen LogP contribution in [0, 0.1) is 5.92 Å². The first-order chi connectivity index (χ1) is 15.5. The zero-order valence-corrected chi connectivity index (χ0v) is 18.2. The van der Waals surface area contributed by atoms with E-state index in [1.165, 1.54) is 11.2 Å². The van der Waals surface area contributed by atoms with Crippen molar-refractivity contribution in [3.05, 3.63) is 72.1 Å². The molecule has 3 aromatic rings. The second-order valence-corrected chi connectivity index (χ2v) is 8.07. The van der Waals surface area contributed by atoms with Gasteiger partial charge in [0, 0.05) is 13.1 Å². The number of benzene rings is 1. The molecule has 1 aromatic carbocycles. The summed E-state index contributed by atoms with van der Waals surface area (Å²) in [6, 6.07) is 12.5. The van der Waals surface area contributed by atoms with Crippen molar-refractivity contribution >= 4 is 11.8 Å². The highest BCUT2D eigenvalue weighted by Crippen LogP contribution is 2.33. The number of hydrogen-bond donors (Lipinski definition) is 0. The summed E-state index contributed by atoms with van der Waals surface area (Å²) in [5.41, 5.74) is 0.891. The molecule has 1 aliphatic heterocycles. The van der Waals surface area contributed by atoms with Crippen LogP contribution in [0.15, 0.2) is 63.8 Å². The Labute approximate surface area is 186 Å². The number of hydrogen-bond acceptors (Lipinski definition) is 6. The summed E-state index contributed by atoms with van der Waals surface area (Å²) in [4.78, 5) is 29.5. The highest BCUT2D eigenvalue weighted by Gasteiger charge is 2.25. The molecule has 0 atom stereocenters. The molecular formula is C24H26N2O6. The Kier molecular flexibility index (Phi) is 6.49. The molecule has 8 heteroatoms. The molecule has 4 rings (SSSR count). The summed E-state index contributed by atoms with van der Waals surface area (Å²) >= 11 is 0. The van der Waals surface area contributed by atoms with Gasteiger partial charge in [0.05, 0.1) is 19.1 Å². The van der Waals surface area contributed by atoms with Gasteiger partial charge in [-0.25, -0.2) is 0 Å². The molecule has 2 amide bonds. The largest absolute Gasteiger partial charge is 0.467 e. The average Bonchev–Trinajstić information content (AvgIpc) is 3.54. The molecule has 0 aliphatic carbocycles. The van der Waals surface area contributed by atoms with Gasteiger partial charge in [0.25, 0.3) is 5.91 Å². The van der Waals surface area contributed by atoms with Crippen LogP contribution in [0.5, 0.6) is 11.5 Å². The maximum atomic E-state index is 13.4. The number of fused-ring (bicyclic) bond motifs is 1. The normalized spacial score (nSPS) is 12.2. The number of furan rings is 2. The molecular weight excluding hydrogens is 412 g/mol. The standard InChI is InChI=1S/C24H26N2O6/c1-17(2)12-26(24(28)21-6-4-10-30-21)15-23(27)25(14-19-5-3-9-29-19)13-18-7-8-20-22(11-18)32-16-31-20/h3-11,17H,12-16H2,1-2H3. The Morgan fingerprint density at radius 3 is 2.44 bits per heavy atom. The summed E-state index contributed by atoms with van der Waals surface area (Å²) in [5, 5.41) is 0. The first-order valence-corrected chi connectivity index (χ1v) is 10.5. The first kappa shape index (κ1) is 21.5. The Hall–Kier alpha value is -3.68. The number of nitrogens with zero attached hydrogens (tertiary/aromatic N) is 2. The number of rotatable bonds is 9. The van der Waals surface area contributed by atoms with E-state index in [9.17, 15) is 9.59 Å². The van der Waals surface area contributed by atoms with E-state index < -0.39 is 0 Å².